The number of sulfonamides is 1. The number of carbonyl (C=O) groups excluding carboxylic acids is 1. The van der Waals surface area contributed by atoms with E-state index in [9.17, 15) is 13.2 Å². The summed E-state index contributed by atoms with van der Waals surface area (Å²) in [6, 6.07) is 12.3. The third-order valence-corrected chi connectivity index (χ3v) is 8.77. The molecule has 176 valence electrons. The Morgan fingerprint density at radius 3 is 2.42 bits per heavy atom. The van der Waals surface area contributed by atoms with Crippen molar-refractivity contribution < 1.29 is 13.2 Å². The number of anilines is 1. The molecule has 0 atom stereocenters. The maximum Gasteiger partial charge on any atom is 0.251 e. The lowest BCUT2D eigenvalue weighted by Crippen LogP contribution is -2.48. The molecule has 1 amide bonds. The highest BCUT2D eigenvalue weighted by molar-refractivity contribution is 7.89. The minimum atomic E-state index is -3.50. The van der Waals surface area contributed by atoms with Crippen LogP contribution in [-0.2, 0) is 10.0 Å². The molecule has 0 bridgehead atoms. The van der Waals surface area contributed by atoms with Crippen LogP contribution in [0.2, 0.25) is 0 Å². The quantitative estimate of drug-likeness (QED) is 0.551. The molecule has 2 heterocycles. The number of nitrogens with zero attached hydrogens (tertiary/aromatic N) is 4. The number of thiazole rings is 1. The van der Waals surface area contributed by atoms with E-state index < -0.39 is 10.0 Å². The fourth-order valence-electron chi connectivity index (χ4n) is 3.79. The summed E-state index contributed by atoms with van der Waals surface area (Å²) in [6.07, 6.45) is 0. The Morgan fingerprint density at radius 1 is 1.09 bits per heavy atom. The van der Waals surface area contributed by atoms with Gasteiger partial charge in [0.05, 0.1) is 15.1 Å². The van der Waals surface area contributed by atoms with Gasteiger partial charge < -0.3 is 10.2 Å². The molecular formula is C23H29N5O3S2. The lowest BCUT2D eigenvalue weighted by Gasteiger charge is -2.34. The smallest absolute Gasteiger partial charge is 0.251 e. The standard InChI is InChI=1S/C23H29N5O3S2/c1-17-5-4-6-20-21(17)25-23(32-20)28-15-13-27(14-16-28)12-11-24-22(29)18-7-9-19(10-8-18)33(30,31)26(2)3/h4-10H,11-16H2,1-3H3,(H,24,29). The third kappa shape index (κ3) is 5.19. The van der Waals surface area contributed by atoms with Crippen LogP contribution in [0.25, 0.3) is 10.2 Å². The van der Waals surface area contributed by atoms with Crippen molar-refractivity contribution in [2.24, 2.45) is 0 Å². The maximum atomic E-state index is 12.4. The zero-order valence-corrected chi connectivity index (χ0v) is 20.7. The summed E-state index contributed by atoms with van der Waals surface area (Å²) < 4.78 is 26.7. The molecule has 1 fully saturated rings. The summed E-state index contributed by atoms with van der Waals surface area (Å²) in [4.78, 5) is 22.1. The van der Waals surface area contributed by atoms with Gasteiger partial charge in [0.1, 0.15) is 0 Å². The summed E-state index contributed by atoms with van der Waals surface area (Å²) >= 11 is 1.74. The van der Waals surface area contributed by atoms with Crippen LogP contribution in [0.15, 0.2) is 47.4 Å². The molecule has 0 spiro atoms. The largest absolute Gasteiger partial charge is 0.351 e. The van der Waals surface area contributed by atoms with E-state index in [0.717, 1.165) is 47.7 Å². The first-order chi connectivity index (χ1) is 15.8. The first kappa shape index (κ1) is 23.6. The van der Waals surface area contributed by atoms with Crippen molar-refractivity contribution >= 4 is 42.6 Å². The van der Waals surface area contributed by atoms with Crippen LogP contribution in [0.3, 0.4) is 0 Å². The van der Waals surface area contributed by atoms with Crippen LogP contribution < -0.4 is 10.2 Å². The van der Waals surface area contributed by atoms with Crippen molar-refractivity contribution in [3.05, 3.63) is 53.6 Å². The number of carbonyl (C=O) groups is 1. The van der Waals surface area contributed by atoms with Crippen molar-refractivity contribution in [1.29, 1.82) is 0 Å². The van der Waals surface area contributed by atoms with Crippen molar-refractivity contribution in [3.8, 4) is 0 Å². The van der Waals surface area contributed by atoms with E-state index in [1.807, 2.05) is 0 Å². The second kappa shape index (κ2) is 9.76. The van der Waals surface area contributed by atoms with Gasteiger partial charge in [-0.3, -0.25) is 9.69 Å². The molecule has 1 saturated heterocycles. The minimum absolute atomic E-state index is 0.171. The summed E-state index contributed by atoms with van der Waals surface area (Å²) in [5.74, 6) is -0.202. The minimum Gasteiger partial charge on any atom is -0.351 e. The maximum absolute atomic E-state index is 12.4. The molecule has 0 radical (unpaired) electrons. The fourth-order valence-corrected chi connectivity index (χ4v) is 5.79. The molecule has 1 aromatic heterocycles. The van der Waals surface area contributed by atoms with Crippen LogP contribution in [0.4, 0.5) is 5.13 Å². The normalized spacial score (nSPS) is 15.3. The van der Waals surface area contributed by atoms with E-state index in [-0.39, 0.29) is 10.8 Å². The number of amides is 1. The van der Waals surface area contributed by atoms with E-state index in [1.165, 1.54) is 36.5 Å². The van der Waals surface area contributed by atoms with Gasteiger partial charge in [-0.15, -0.1) is 0 Å². The number of hydrogen-bond acceptors (Lipinski definition) is 7. The number of nitrogens with one attached hydrogen (secondary N) is 1. The average Bonchev–Trinajstić information content (AvgIpc) is 3.25. The highest BCUT2D eigenvalue weighted by Crippen LogP contribution is 2.30. The first-order valence-electron chi connectivity index (χ1n) is 10.9. The molecule has 3 aromatic rings. The zero-order chi connectivity index (χ0) is 23.6. The van der Waals surface area contributed by atoms with Crippen molar-refractivity contribution in [1.82, 2.24) is 19.5 Å². The van der Waals surface area contributed by atoms with Gasteiger partial charge in [-0.1, -0.05) is 23.5 Å². The molecule has 0 saturated carbocycles. The Morgan fingerprint density at radius 2 is 1.79 bits per heavy atom. The number of aromatic nitrogens is 1. The van der Waals surface area contributed by atoms with E-state index in [1.54, 1.807) is 23.5 Å². The molecular weight excluding hydrogens is 458 g/mol. The first-order valence-corrected chi connectivity index (χ1v) is 13.2. The number of fused-ring (bicyclic) bond motifs is 1. The van der Waals surface area contributed by atoms with Gasteiger partial charge in [0.2, 0.25) is 10.0 Å². The molecule has 1 aliphatic rings. The molecule has 10 heteroatoms. The molecule has 1 N–H and O–H groups in total. The van der Waals surface area contributed by atoms with Gasteiger partial charge in [-0.25, -0.2) is 17.7 Å². The molecule has 1 aliphatic heterocycles. The average molecular weight is 488 g/mol. The Bertz CT molecular complexity index is 1230. The lowest BCUT2D eigenvalue weighted by atomic mass is 10.2. The summed E-state index contributed by atoms with van der Waals surface area (Å²) in [5, 5.41) is 4.01. The van der Waals surface area contributed by atoms with Crippen LogP contribution in [0.1, 0.15) is 15.9 Å². The van der Waals surface area contributed by atoms with E-state index >= 15 is 0 Å². The Kier molecular flexibility index (Phi) is 6.99. The number of benzene rings is 2. The molecule has 2 aromatic carbocycles. The number of para-hydroxylation sites is 1. The van der Waals surface area contributed by atoms with Gasteiger partial charge in [0, 0.05) is 58.9 Å². The summed E-state index contributed by atoms with van der Waals surface area (Å²) in [6.45, 7) is 7.06. The highest BCUT2D eigenvalue weighted by Gasteiger charge is 2.21. The fraction of sp³-hybridized carbons (Fsp3) is 0.391. The number of hydrogen-bond donors (Lipinski definition) is 1. The second-order valence-electron chi connectivity index (χ2n) is 8.31. The van der Waals surface area contributed by atoms with Gasteiger partial charge in [0.15, 0.2) is 5.13 Å². The van der Waals surface area contributed by atoms with E-state index in [2.05, 4.69) is 40.2 Å². The van der Waals surface area contributed by atoms with Crippen molar-refractivity contribution in [2.45, 2.75) is 11.8 Å². The third-order valence-electron chi connectivity index (χ3n) is 5.86. The Hall–Kier alpha value is -2.53. The van der Waals surface area contributed by atoms with Crippen molar-refractivity contribution in [2.75, 3.05) is 58.3 Å². The Labute approximate surface area is 198 Å². The van der Waals surface area contributed by atoms with E-state index in [0.29, 0.717) is 12.1 Å². The SMILES string of the molecule is Cc1cccc2sc(N3CCN(CCNC(=O)c4ccc(S(=O)(=O)N(C)C)cc4)CC3)nc12. The molecule has 0 unspecified atom stereocenters. The van der Waals surface area contributed by atoms with Crippen molar-refractivity contribution in [3.63, 3.8) is 0 Å². The lowest BCUT2D eigenvalue weighted by molar-refractivity contribution is 0.0947. The topological polar surface area (TPSA) is 85.8 Å². The van der Waals surface area contributed by atoms with Crippen LogP contribution in [0.5, 0.6) is 0 Å². The predicted octanol–water partition coefficient (Wildman–Crippen LogP) is 2.41. The van der Waals surface area contributed by atoms with Crippen LogP contribution >= 0.6 is 11.3 Å². The zero-order valence-electron chi connectivity index (χ0n) is 19.1. The van der Waals surface area contributed by atoms with Gasteiger partial charge in [0.25, 0.3) is 5.91 Å². The van der Waals surface area contributed by atoms with Crippen LogP contribution in [-0.4, -0.2) is 81.9 Å². The molecule has 33 heavy (non-hydrogen) atoms. The predicted molar refractivity (Wildman–Crippen MR) is 133 cm³/mol. The van der Waals surface area contributed by atoms with Gasteiger partial charge in [-0.05, 0) is 42.8 Å². The number of rotatable bonds is 7. The monoisotopic (exact) mass is 487 g/mol. The second-order valence-corrected chi connectivity index (χ2v) is 11.5. The number of aryl methyl sites for hydroxylation is 1. The highest BCUT2D eigenvalue weighted by atomic mass is 32.2. The molecule has 8 nitrogen and oxygen atoms in total. The molecule has 0 aliphatic carbocycles. The summed E-state index contributed by atoms with van der Waals surface area (Å²) in [5.41, 5.74) is 2.75. The summed E-state index contributed by atoms with van der Waals surface area (Å²) in [7, 11) is -0.534. The molecule has 4 rings (SSSR count). The van der Waals surface area contributed by atoms with Gasteiger partial charge in [-0.2, -0.15) is 0 Å². The number of piperazine rings is 1. The van der Waals surface area contributed by atoms with Crippen LogP contribution in [0, 0.1) is 6.92 Å². The van der Waals surface area contributed by atoms with Gasteiger partial charge >= 0.3 is 0 Å². The van der Waals surface area contributed by atoms with E-state index in [4.69, 9.17) is 4.98 Å². The Balaban J connectivity index is 1.24.